The van der Waals surface area contributed by atoms with Gasteiger partial charge in [0.05, 0.1) is 17.4 Å². The molecule has 1 saturated heterocycles. The van der Waals surface area contributed by atoms with E-state index in [1.807, 2.05) is 13.8 Å². The molecular weight excluding hydrogens is 364 g/mol. The lowest BCUT2D eigenvalue weighted by atomic mass is 10.1. The summed E-state index contributed by atoms with van der Waals surface area (Å²) in [6, 6.07) is 3.26. The highest BCUT2D eigenvalue weighted by molar-refractivity contribution is 7.21. The average Bonchev–Trinajstić information content (AvgIpc) is 2.98. The SMILES string of the molecule is Cc1nnc2sc(C(=O)NC3CN(C(=O)c4ccncc4)C3)c(N)c2c1C. The van der Waals surface area contributed by atoms with Crippen LogP contribution >= 0.6 is 11.3 Å². The van der Waals surface area contributed by atoms with Gasteiger partial charge in [0.15, 0.2) is 0 Å². The third-order valence-corrected chi connectivity index (χ3v) is 5.86. The van der Waals surface area contributed by atoms with Gasteiger partial charge in [0.25, 0.3) is 11.8 Å². The van der Waals surface area contributed by atoms with Gasteiger partial charge in [-0.2, -0.15) is 5.10 Å². The van der Waals surface area contributed by atoms with Crippen LogP contribution in [0.3, 0.4) is 0 Å². The Morgan fingerprint density at radius 1 is 1.22 bits per heavy atom. The summed E-state index contributed by atoms with van der Waals surface area (Å²) in [6.07, 6.45) is 3.17. The third kappa shape index (κ3) is 2.99. The molecule has 0 bridgehead atoms. The number of nitrogens with one attached hydrogen (secondary N) is 1. The number of anilines is 1. The molecule has 0 spiro atoms. The second-order valence-corrected chi connectivity index (χ2v) is 7.55. The molecule has 4 heterocycles. The molecule has 9 heteroatoms. The van der Waals surface area contributed by atoms with Gasteiger partial charge in [-0.25, -0.2) is 0 Å². The van der Waals surface area contributed by atoms with E-state index in [-0.39, 0.29) is 17.9 Å². The number of hydrogen-bond acceptors (Lipinski definition) is 7. The standard InChI is InChI=1S/C18H18N6O2S/c1-9-10(2)22-23-17-13(9)14(19)15(27-17)16(25)21-12-7-24(8-12)18(26)11-3-5-20-6-4-11/h3-6,12H,7-8,19H2,1-2H3,(H,21,25). The van der Waals surface area contributed by atoms with Crippen molar-refractivity contribution in [1.29, 1.82) is 0 Å². The van der Waals surface area contributed by atoms with E-state index in [9.17, 15) is 9.59 Å². The number of amides is 2. The number of hydrogen-bond donors (Lipinski definition) is 2. The summed E-state index contributed by atoms with van der Waals surface area (Å²) >= 11 is 1.24. The molecule has 1 aliphatic rings. The molecular formula is C18H18N6O2S. The van der Waals surface area contributed by atoms with E-state index in [1.165, 1.54) is 11.3 Å². The summed E-state index contributed by atoms with van der Waals surface area (Å²) in [5.41, 5.74) is 8.97. The number of aromatic nitrogens is 3. The van der Waals surface area contributed by atoms with Crippen LogP contribution in [0.25, 0.3) is 10.2 Å². The Morgan fingerprint density at radius 2 is 1.93 bits per heavy atom. The van der Waals surface area contributed by atoms with Gasteiger partial charge < -0.3 is 16.0 Å². The van der Waals surface area contributed by atoms with Crippen LogP contribution < -0.4 is 11.1 Å². The predicted octanol–water partition coefficient (Wildman–Crippen LogP) is 1.54. The van der Waals surface area contributed by atoms with E-state index < -0.39 is 0 Å². The first-order valence-electron chi connectivity index (χ1n) is 8.47. The summed E-state index contributed by atoms with van der Waals surface area (Å²) in [7, 11) is 0. The lowest BCUT2D eigenvalue weighted by Crippen LogP contribution is -2.60. The lowest BCUT2D eigenvalue weighted by molar-refractivity contribution is 0.0543. The van der Waals surface area contributed by atoms with E-state index in [4.69, 9.17) is 5.73 Å². The number of nitrogen functional groups attached to an aromatic ring is 1. The maximum Gasteiger partial charge on any atom is 0.263 e. The Hall–Kier alpha value is -3.07. The van der Waals surface area contributed by atoms with Crippen molar-refractivity contribution >= 4 is 39.1 Å². The molecule has 0 saturated carbocycles. The largest absolute Gasteiger partial charge is 0.397 e. The van der Waals surface area contributed by atoms with E-state index in [1.54, 1.807) is 29.4 Å². The van der Waals surface area contributed by atoms with Gasteiger partial charge in [0.1, 0.15) is 9.71 Å². The molecule has 3 aromatic rings. The van der Waals surface area contributed by atoms with E-state index in [0.29, 0.717) is 34.0 Å². The highest BCUT2D eigenvalue weighted by Crippen LogP contribution is 2.34. The summed E-state index contributed by atoms with van der Waals surface area (Å²) in [6.45, 7) is 4.72. The van der Waals surface area contributed by atoms with Crippen molar-refractivity contribution in [3.05, 3.63) is 46.2 Å². The predicted molar refractivity (Wildman–Crippen MR) is 103 cm³/mol. The van der Waals surface area contributed by atoms with Crippen LogP contribution in [0.15, 0.2) is 24.5 Å². The number of nitrogens with two attached hydrogens (primary N) is 1. The Balaban J connectivity index is 1.44. The molecule has 3 aromatic heterocycles. The molecule has 27 heavy (non-hydrogen) atoms. The second kappa shape index (κ2) is 6.58. The number of fused-ring (bicyclic) bond motifs is 1. The number of carbonyl (C=O) groups excluding carboxylic acids is 2. The number of thiophene rings is 1. The van der Waals surface area contributed by atoms with Crippen molar-refractivity contribution in [3.63, 3.8) is 0 Å². The first-order chi connectivity index (χ1) is 13.0. The topological polar surface area (TPSA) is 114 Å². The van der Waals surface area contributed by atoms with Crippen molar-refractivity contribution in [3.8, 4) is 0 Å². The summed E-state index contributed by atoms with van der Waals surface area (Å²) < 4.78 is 0. The minimum atomic E-state index is -0.242. The Bertz CT molecular complexity index is 1040. The molecule has 3 N–H and O–H groups in total. The van der Waals surface area contributed by atoms with Gasteiger partial charge in [-0.15, -0.1) is 16.4 Å². The third-order valence-electron chi connectivity index (χ3n) is 4.77. The number of pyridine rings is 1. The fourth-order valence-corrected chi connectivity index (χ4v) is 4.08. The molecule has 4 rings (SSSR count). The minimum absolute atomic E-state index is 0.0642. The van der Waals surface area contributed by atoms with Crippen LogP contribution in [0.4, 0.5) is 5.69 Å². The summed E-state index contributed by atoms with van der Waals surface area (Å²) in [5.74, 6) is -0.306. The lowest BCUT2D eigenvalue weighted by Gasteiger charge is -2.39. The zero-order valence-corrected chi connectivity index (χ0v) is 15.7. The van der Waals surface area contributed by atoms with Crippen molar-refractivity contribution in [2.24, 2.45) is 0 Å². The van der Waals surface area contributed by atoms with Crippen molar-refractivity contribution in [2.45, 2.75) is 19.9 Å². The van der Waals surface area contributed by atoms with E-state index >= 15 is 0 Å². The highest BCUT2D eigenvalue weighted by atomic mass is 32.1. The molecule has 0 radical (unpaired) electrons. The van der Waals surface area contributed by atoms with Crippen molar-refractivity contribution < 1.29 is 9.59 Å². The maximum absolute atomic E-state index is 12.6. The van der Waals surface area contributed by atoms with Gasteiger partial charge in [-0.3, -0.25) is 14.6 Å². The van der Waals surface area contributed by atoms with Crippen LogP contribution in [0, 0.1) is 13.8 Å². The molecule has 138 valence electrons. The van der Waals surface area contributed by atoms with Gasteiger partial charge in [0, 0.05) is 36.4 Å². The van der Waals surface area contributed by atoms with Crippen LogP contribution in [0.5, 0.6) is 0 Å². The van der Waals surface area contributed by atoms with Gasteiger partial charge in [-0.05, 0) is 31.5 Å². The summed E-state index contributed by atoms with van der Waals surface area (Å²) in [5, 5.41) is 12.0. The van der Waals surface area contributed by atoms with Crippen LogP contribution in [-0.2, 0) is 0 Å². The zero-order valence-electron chi connectivity index (χ0n) is 14.9. The molecule has 0 aromatic carbocycles. The van der Waals surface area contributed by atoms with Gasteiger partial charge >= 0.3 is 0 Å². The minimum Gasteiger partial charge on any atom is -0.397 e. The molecule has 1 fully saturated rings. The normalized spacial score (nSPS) is 14.2. The van der Waals surface area contributed by atoms with Gasteiger partial charge in [0.2, 0.25) is 0 Å². The first-order valence-corrected chi connectivity index (χ1v) is 9.29. The Morgan fingerprint density at radius 3 is 2.63 bits per heavy atom. The molecule has 0 unspecified atom stereocenters. The first kappa shape index (κ1) is 17.3. The zero-order chi connectivity index (χ0) is 19.1. The maximum atomic E-state index is 12.6. The number of carbonyl (C=O) groups is 2. The quantitative estimate of drug-likeness (QED) is 0.710. The molecule has 0 atom stereocenters. The fraction of sp³-hybridized carbons (Fsp3) is 0.278. The van der Waals surface area contributed by atoms with Gasteiger partial charge in [-0.1, -0.05) is 0 Å². The number of likely N-dealkylation sites (tertiary alicyclic amines) is 1. The Kier molecular flexibility index (Phi) is 4.23. The van der Waals surface area contributed by atoms with Crippen molar-refractivity contribution in [1.82, 2.24) is 25.4 Å². The second-order valence-electron chi connectivity index (χ2n) is 6.55. The van der Waals surface area contributed by atoms with E-state index in [0.717, 1.165) is 16.6 Å². The number of nitrogens with zero attached hydrogens (tertiary/aromatic N) is 4. The van der Waals surface area contributed by atoms with Crippen LogP contribution in [0.1, 0.15) is 31.3 Å². The molecule has 2 amide bonds. The average molecular weight is 382 g/mol. The number of aryl methyl sites for hydroxylation is 2. The number of rotatable bonds is 3. The Labute approximate surface area is 159 Å². The highest BCUT2D eigenvalue weighted by Gasteiger charge is 2.33. The molecule has 8 nitrogen and oxygen atoms in total. The molecule has 0 aliphatic carbocycles. The smallest absolute Gasteiger partial charge is 0.263 e. The fourth-order valence-electron chi connectivity index (χ4n) is 3.07. The van der Waals surface area contributed by atoms with Crippen LogP contribution in [0.2, 0.25) is 0 Å². The summed E-state index contributed by atoms with van der Waals surface area (Å²) in [4.78, 5) is 31.7. The van der Waals surface area contributed by atoms with Crippen LogP contribution in [-0.4, -0.2) is 51.0 Å². The monoisotopic (exact) mass is 382 g/mol. The van der Waals surface area contributed by atoms with E-state index in [2.05, 4.69) is 20.5 Å². The van der Waals surface area contributed by atoms with Crippen molar-refractivity contribution in [2.75, 3.05) is 18.8 Å². The molecule has 1 aliphatic heterocycles.